The molecule has 0 aliphatic carbocycles. The highest BCUT2D eigenvalue weighted by Crippen LogP contribution is 2.25. The Hall–Kier alpha value is -1.69. The van der Waals surface area contributed by atoms with Crippen LogP contribution in [0.5, 0.6) is 0 Å². The maximum Gasteiger partial charge on any atom is 0.205 e. The van der Waals surface area contributed by atoms with Gasteiger partial charge in [-0.05, 0) is 43.0 Å². The maximum atomic E-state index is 13.0. The standard InChI is InChI=1S/C16H21FN4S/c1-2-3-15-19-20-16(22-15)18-10-12-8-9-21(11-12)14-6-4-13(17)5-7-14/h4-7,12H,2-3,8-11H2,1H3,(H,18,20). The molecule has 22 heavy (non-hydrogen) atoms. The first kappa shape index (κ1) is 15.2. The number of hydrogen-bond acceptors (Lipinski definition) is 5. The van der Waals surface area contributed by atoms with E-state index < -0.39 is 0 Å². The largest absolute Gasteiger partial charge is 0.371 e. The van der Waals surface area contributed by atoms with E-state index in [1.165, 1.54) is 12.1 Å². The van der Waals surface area contributed by atoms with Gasteiger partial charge in [0, 0.05) is 31.7 Å². The van der Waals surface area contributed by atoms with E-state index in [2.05, 4.69) is 27.3 Å². The molecule has 2 aromatic rings. The quantitative estimate of drug-likeness (QED) is 0.883. The summed E-state index contributed by atoms with van der Waals surface area (Å²) in [6, 6.07) is 6.76. The number of benzene rings is 1. The molecule has 2 heterocycles. The Labute approximate surface area is 134 Å². The predicted molar refractivity (Wildman–Crippen MR) is 89.1 cm³/mol. The molecule has 1 aliphatic heterocycles. The molecular formula is C16H21FN4S. The molecule has 0 spiro atoms. The number of rotatable bonds is 6. The van der Waals surface area contributed by atoms with Crippen molar-refractivity contribution in [2.45, 2.75) is 26.2 Å². The van der Waals surface area contributed by atoms with E-state index >= 15 is 0 Å². The molecule has 0 amide bonds. The van der Waals surface area contributed by atoms with Gasteiger partial charge in [-0.25, -0.2) is 4.39 Å². The van der Waals surface area contributed by atoms with Gasteiger partial charge in [0.05, 0.1) is 0 Å². The molecule has 3 rings (SSSR count). The topological polar surface area (TPSA) is 41.1 Å². The van der Waals surface area contributed by atoms with Crippen molar-refractivity contribution in [1.29, 1.82) is 0 Å². The Morgan fingerprint density at radius 3 is 2.91 bits per heavy atom. The van der Waals surface area contributed by atoms with E-state index in [9.17, 15) is 4.39 Å². The zero-order valence-corrected chi connectivity index (χ0v) is 13.6. The van der Waals surface area contributed by atoms with Gasteiger partial charge in [-0.15, -0.1) is 10.2 Å². The molecule has 1 unspecified atom stereocenters. The third-order valence-electron chi connectivity index (χ3n) is 3.95. The fraction of sp³-hybridized carbons (Fsp3) is 0.500. The van der Waals surface area contributed by atoms with Gasteiger partial charge in [0.25, 0.3) is 0 Å². The van der Waals surface area contributed by atoms with E-state index in [1.807, 2.05) is 12.1 Å². The smallest absolute Gasteiger partial charge is 0.205 e. The highest BCUT2D eigenvalue weighted by Gasteiger charge is 2.22. The molecular weight excluding hydrogens is 299 g/mol. The number of hydrogen-bond donors (Lipinski definition) is 1. The molecule has 1 saturated heterocycles. The zero-order chi connectivity index (χ0) is 15.4. The van der Waals surface area contributed by atoms with Crippen LogP contribution in [0.4, 0.5) is 15.2 Å². The Bertz CT molecular complexity index is 598. The zero-order valence-electron chi connectivity index (χ0n) is 12.8. The lowest BCUT2D eigenvalue weighted by Gasteiger charge is -2.18. The molecule has 6 heteroatoms. The molecule has 1 fully saturated rings. The summed E-state index contributed by atoms with van der Waals surface area (Å²) in [5.74, 6) is 0.406. The van der Waals surface area contributed by atoms with Gasteiger partial charge in [0.15, 0.2) is 0 Å². The van der Waals surface area contributed by atoms with Crippen molar-refractivity contribution in [3.8, 4) is 0 Å². The molecule has 118 valence electrons. The van der Waals surface area contributed by atoms with Crippen LogP contribution in [0.25, 0.3) is 0 Å². The number of aromatic nitrogens is 2. The van der Waals surface area contributed by atoms with Gasteiger partial charge in [0.1, 0.15) is 10.8 Å². The van der Waals surface area contributed by atoms with Crippen LogP contribution in [-0.2, 0) is 6.42 Å². The number of nitrogens with zero attached hydrogens (tertiary/aromatic N) is 3. The normalized spacial score (nSPS) is 17.9. The third kappa shape index (κ3) is 3.74. The lowest BCUT2D eigenvalue weighted by atomic mass is 10.1. The van der Waals surface area contributed by atoms with Gasteiger partial charge < -0.3 is 10.2 Å². The monoisotopic (exact) mass is 320 g/mol. The molecule has 0 radical (unpaired) electrons. The highest BCUT2D eigenvalue weighted by molar-refractivity contribution is 7.15. The van der Waals surface area contributed by atoms with Crippen LogP contribution >= 0.6 is 11.3 Å². The van der Waals surface area contributed by atoms with Crippen LogP contribution in [0.3, 0.4) is 0 Å². The van der Waals surface area contributed by atoms with Crippen molar-refractivity contribution in [3.05, 3.63) is 35.1 Å². The summed E-state index contributed by atoms with van der Waals surface area (Å²) in [4.78, 5) is 2.31. The average molecular weight is 320 g/mol. The second-order valence-electron chi connectivity index (χ2n) is 5.71. The number of anilines is 2. The minimum Gasteiger partial charge on any atom is -0.371 e. The van der Waals surface area contributed by atoms with Gasteiger partial charge in [0.2, 0.25) is 5.13 Å². The Balaban J connectivity index is 1.49. The van der Waals surface area contributed by atoms with Crippen molar-refractivity contribution < 1.29 is 4.39 Å². The van der Waals surface area contributed by atoms with E-state index in [0.29, 0.717) is 5.92 Å². The number of nitrogens with one attached hydrogen (secondary N) is 1. The highest BCUT2D eigenvalue weighted by atomic mass is 32.1. The first-order valence-corrected chi connectivity index (χ1v) is 8.63. The molecule has 1 aliphatic rings. The van der Waals surface area contributed by atoms with Crippen molar-refractivity contribution >= 4 is 22.2 Å². The fourth-order valence-corrected chi connectivity index (χ4v) is 3.61. The first-order valence-electron chi connectivity index (χ1n) is 7.81. The Morgan fingerprint density at radius 2 is 2.14 bits per heavy atom. The molecule has 1 N–H and O–H groups in total. The van der Waals surface area contributed by atoms with Gasteiger partial charge in [-0.1, -0.05) is 18.3 Å². The van der Waals surface area contributed by atoms with Crippen LogP contribution in [0, 0.1) is 11.7 Å². The van der Waals surface area contributed by atoms with E-state index in [1.54, 1.807) is 11.3 Å². The lowest BCUT2D eigenvalue weighted by molar-refractivity contribution is 0.621. The fourth-order valence-electron chi connectivity index (χ4n) is 2.76. The van der Waals surface area contributed by atoms with Crippen LogP contribution in [0.15, 0.2) is 24.3 Å². The summed E-state index contributed by atoms with van der Waals surface area (Å²) in [7, 11) is 0. The van der Waals surface area contributed by atoms with E-state index in [0.717, 1.165) is 54.7 Å². The minimum atomic E-state index is -0.180. The van der Waals surface area contributed by atoms with Gasteiger partial charge in [-0.3, -0.25) is 0 Å². The Kier molecular flexibility index (Phi) is 4.87. The molecule has 0 bridgehead atoms. The van der Waals surface area contributed by atoms with Gasteiger partial charge >= 0.3 is 0 Å². The Morgan fingerprint density at radius 1 is 1.32 bits per heavy atom. The summed E-state index contributed by atoms with van der Waals surface area (Å²) < 4.78 is 13.0. The second kappa shape index (κ2) is 7.05. The maximum absolute atomic E-state index is 13.0. The van der Waals surface area contributed by atoms with Crippen molar-refractivity contribution in [2.75, 3.05) is 29.9 Å². The van der Waals surface area contributed by atoms with Crippen molar-refractivity contribution in [2.24, 2.45) is 5.92 Å². The van der Waals surface area contributed by atoms with Crippen LogP contribution in [0.1, 0.15) is 24.8 Å². The number of halogens is 1. The summed E-state index contributed by atoms with van der Waals surface area (Å²) in [6.45, 7) is 5.09. The van der Waals surface area contributed by atoms with Crippen molar-refractivity contribution in [3.63, 3.8) is 0 Å². The molecule has 0 saturated carbocycles. The SMILES string of the molecule is CCCc1nnc(NCC2CCN(c3ccc(F)cc3)C2)s1. The summed E-state index contributed by atoms with van der Waals surface area (Å²) in [5.41, 5.74) is 1.10. The summed E-state index contributed by atoms with van der Waals surface area (Å²) in [6.07, 6.45) is 3.25. The molecule has 1 aromatic carbocycles. The summed E-state index contributed by atoms with van der Waals surface area (Å²) in [5, 5.41) is 13.8. The van der Waals surface area contributed by atoms with Crippen molar-refractivity contribution in [1.82, 2.24) is 10.2 Å². The molecule has 4 nitrogen and oxygen atoms in total. The minimum absolute atomic E-state index is 0.180. The predicted octanol–water partition coefficient (Wildman–Crippen LogP) is 3.57. The molecule has 1 aromatic heterocycles. The summed E-state index contributed by atoms with van der Waals surface area (Å²) >= 11 is 1.65. The van der Waals surface area contributed by atoms with Crippen LogP contribution in [0.2, 0.25) is 0 Å². The van der Waals surface area contributed by atoms with E-state index in [4.69, 9.17) is 0 Å². The van der Waals surface area contributed by atoms with Crippen LogP contribution < -0.4 is 10.2 Å². The first-order chi connectivity index (χ1) is 10.7. The lowest BCUT2D eigenvalue weighted by Crippen LogP contribution is -2.22. The molecule has 1 atom stereocenters. The third-order valence-corrected chi connectivity index (χ3v) is 4.89. The number of aryl methyl sites for hydroxylation is 1. The second-order valence-corrected chi connectivity index (χ2v) is 6.77. The average Bonchev–Trinajstić information content (AvgIpc) is 3.16. The van der Waals surface area contributed by atoms with Gasteiger partial charge in [-0.2, -0.15) is 0 Å². The van der Waals surface area contributed by atoms with E-state index in [-0.39, 0.29) is 5.82 Å². The van der Waals surface area contributed by atoms with Crippen LogP contribution in [-0.4, -0.2) is 29.8 Å².